The van der Waals surface area contributed by atoms with Crippen LogP contribution in [-0.2, 0) is 26.4 Å². The third kappa shape index (κ3) is 5.88. The molecule has 1 aliphatic carbocycles. The van der Waals surface area contributed by atoms with Crippen molar-refractivity contribution < 1.29 is 19.0 Å². The van der Waals surface area contributed by atoms with E-state index in [1.165, 1.54) is 4.52 Å². The molecule has 1 amide bonds. The molecule has 2 aromatic rings. The average Bonchev–Trinajstić information content (AvgIpc) is 3.43. The van der Waals surface area contributed by atoms with E-state index in [1.54, 1.807) is 4.90 Å². The number of fused-ring (bicyclic) bond motifs is 3. The van der Waals surface area contributed by atoms with Crippen molar-refractivity contribution in [3.05, 3.63) is 33.5 Å². The SMILES string of the molecule is CC(C)(C)OC(=O)N1CCC2(CC1)CC(Cl)c1c2c(=O)n2nc(C3=CCOCC3)nc2n1COCC[Si](C)(C)C. The number of piperidine rings is 1. The highest BCUT2D eigenvalue weighted by atomic mass is 35.5. The van der Waals surface area contributed by atoms with Gasteiger partial charge in [0.05, 0.1) is 24.3 Å². The minimum atomic E-state index is -1.28. The molecule has 1 unspecified atom stereocenters. The lowest BCUT2D eigenvalue weighted by atomic mass is 9.74. The van der Waals surface area contributed by atoms with E-state index in [2.05, 4.69) is 19.6 Å². The second kappa shape index (κ2) is 10.9. The molecule has 1 saturated heterocycles. The first-order chi connectivity index (χ1) is 18.8. The minimum absolute atomic E-state index is 0.177. The summed E-state index contributed by atoms with van der Waals surface area (Å²) in [5.41, 5.74) is 1.25. The van der Waals surface area contributed by atoms with E-state index < -0.39 is 19.1 Å². The van der Waals surface area contributed by atoms with E-state index in [4.69, 9.17) is 35.9 Å². The Morgan fingerprint density at radius 1 is 1.25 bits per heavy atom. The maximum atomic E-state index is 14.2. The van der Waals surface area contributed by atoms with Gasteiger partial charge in [0.25, 0.3) is 5.56 Å². The zero-order chi connectivity index (χ0) is 28.9. The number of aromatic nitrogens is 4. The first kappa shape index (κ1) is 29.3. The number of amides is 1. The first-order valence-corrected chi connectivity index (χ1v) is 18.4. The van der Waals surface area contributed by atoms with E-state index >= 15 is 0 Å². The van der Waals surface area contributed by atoms with Gasteiger partial charge in [0, 0.05) is 38.7 Å². The molecule has 5 rings (SSSR count). The predicted octanol–water partition coefficient (Wildman–Crippen LogP) is 4.96. The lowest BCUT2D eigenvalue weighted by Gasteiger charge is -2.39. The Balaban J connectivity index is 1.53. The molecule has 10 nitrogen and oxygen atoms in total. The van der Waals surface area contributed by atoms with Gasteiger partial charge in [-0.25, -0.2) is 4.79 Å². The maximum Gasteiger partial charge on any atom is 0.410 e. The van der Waals surface area contributed by atoms with Crippen molar-refractivity contribution in [1.29, 1.82) is 0 Å². The van der Waals surface area contributed by atoms with Gasteiger partial charge in [0.2, 0.25) is 5.78 Å². The highest BCUT2D eigenvalue weighted by Crippen LogP contribution is 2.52. The van der Waals surface area contributed by atoms with Crippen LogP contribution in [0.4, 0.5) is 4.79 Å². The molecular formula is C28H42ClN5O5Si. The van der Waals surface area contributed by atoms with Gasteiger partial charge in [-0.3, -0.25) is 9.36 Å². The zero-order valence-electron chi connectivity index (χ0n) is 24.6. The molecule has 4 heterocycles. The summed E-state index contributed by atoms with van der Waals surface area (Å²) in [5.74, 6) is 0.993. The van der Waals surface area contributed by atoms with Gasteiger partial charge in [0.15, 0.2) is 5.82 Å². The van der Waals surface area contributed by atoms with Crippen LogP contribution in [0.1, 0.15) is 68.9 Å². The van der Waals surface area contributed by atoms with E-state index in [-0.39, 0.29) is 23.8 Å². The number of carbonyl (C=O) groups excluding carboxylic acids is 1. The maximum absolute atomic E-state index is 14.2. The molecule has 1 spiro atoms. The van der Waals surface area contributed by atoms with Gasteiger partial charge in [-0.2, -0.15) is 9.50 Å². The van der Waals surface area contributed by atoms with Gasteiger partial charge in [-0.15, -0.1) is 16.7 Å². The zero-order valence-corrected chi connectivity index (χ0v) is 26.3. The Bertz CT molecular complexity index is 1360. The van der Waals surface area contributed by atoms with Gasteiger partial charge >= 0.3 is 6.09 Å². The summed E-state index contributed by atoms with van der Waals surface area (Å²) in [5, 5.41) is 4.33. The monoisotopic (exact) mass is 591 g/mol. The molecule has 0 bridgehead atoms. The van der Waals surface area contributed by atoms with Crippen molar-refractivity contribution in [2.75, 3.05) is 32.9 Å². The number of ether oxygens (including phenoxy) is 3. The molecule has 2 aliphatic heterocycles. The largest absolute Gasteiger partial charge is 0.444 e. The second-order valence-corrected chi connectivity index (χ2v) is 19.6. The quantitative estimate of drug-likeness (QED) is 0.266. The van der Waals surface area contributed by atoms with E-state index in [1.807, 2.05) is 31.4 Å². The molecule has 2 aromatic heterocycles. The summed E-state index contributed by atoms with van der Waals surface area (Å²) in [6, 6.07) is 1.03. The van der Waals surface area contributed by atoms with Crippen molar-refractivity contribution in [2.24, 2.45) is 0 Å². The Labute approximate surface area is 241 Å². The number of likely N-dealkylation sites (tertiary alicyclic amines) is 1. The fourth-order valence-corrected chi connectivity index (χ4v) is 7.14. The molecule has 0 aromatic carbocycles. The number of halogens is 1. The van der Waals surface area contributed by atoms with Crippen molar-refractivity contribution in [1.82, 2.24) is 24.1 Å². The summed E-state index contributed by atoms with van der Waals surface area (Å²) in [6.07, 6.45) is 4.23. The van der Waals surface area contributed by atoms with Crippen molar-refractivity contribution in [3.63, 3.8) is 0 Å². The first-order valence-electron chi connectivity index (χ1n) is 14.3. The second-order valence-electron chi connectivity index (χ2n) is 13.5. The molecule has 3 aliphatic rings. The lowest BCUT2D eigenvalue weighted by Crippen LogP contribution is -2.47. The number of alkyl halides is 1. The van der Waals surface area contributed by atoms with Crippen LogP contribution in [0.2, 0.25) is 25.7 Å². The van der Waals surface area contributed by atoms with Gasteiger partial charge < -0.3 is 19.1 Å². The predicted molar refractivity (Wildman–Crippen MR) is 157 cm³/mol. The fourth-order valence-electron chi connectivity index (χ4n) is 5.86. The Morgan fingerprint density at radius 3 is 2.60 bits per heavy atom. The van der Waals surface area contributed by atoms with Crippen LogP contribution in [-0.4, -0.2) is 76.7 Å². The molecule has 0 saturated carbocycles. The van der Waals surface area contributed by atoms with E-state index in [0.717, 1.165) is 17.3 Å². The molecular weight excluding hydrogens is 550 g/mol. The molecule has 0 radical (unpaired) electrons. The van der Waals surface area contributed by atoms with Crippen LogP contribution in [0.3, 0.4) is 0 Å². The number of nitrogens with zero attached hydrogens (tertiary/aromatic N) is 5. The van der Waals surface area contributed by atoms with Crippen molar-refractivity contribution >= 4 is 37.1 Å². The van der Waals surface area contributed by atoms with Crippen LogP contribution in [0.5, 0.6) is 0 Å². The minimum Gasteiger partial charge on any atom is -0.444 e. The normalized spacial score (nSPS) is 21.1. The van der Waals surface area contributed by atoms with Crippen LogP contribution < -0.4 is 5.56 Å². The third-order valence-corrected chi connectivity index (χ3v) is 10.1. The number of hydrogen-bond acceptors (Lipinski definition) is 7. The number of hydrogen-bond donors (Lipinski definition) is 0. The highest BCUT2D eigenvalue weighted by molar-refractivity contribution is 6.76. The summed E-state index contributed by atoms with van der Waals surface area (Å²) in [4.78, 5) is 33.5. The summed E-state index contributed by atoms with van der Waals surface area (Å²) >= 11 is 7.07. The fraction of sp³-hybridized carbons (Fsp3) is 0.714. The summed E-state index contributed by atoms with van der Waals surface area (Å²) in [6.45, 7) is 15.5. The Kier molecular flexibility index (Phi) is 7.97. The molecule has 40 heavy (non-hydrogen) atoms. The third-order valence-electron chi connectivity index (χ3n) is 8.02. The highest BCUT2D eigenvalue weighted by Gasteiger charge is 2.50. The lowest BCUT2D eigenvalue weighted by molar-refractivity contribution is 0.0163. The summed E-state index contributed by atoms with van der Waals surface area (Å²) in [7, 11) is -1.28. The van der Waals surface area contributed by atoms with Crippen LogP contribution in [0.15, 0.2) is 10.9 Å². The van der Waals surface area contributed by atoms with Gasteiger partial charge in [-0.05, 0) is 58.1 Å². The number of rotatable bonds is 6. The molecule has 12 heteroatoms. The molecule has 1 fully saturated rings. The van der Waals surface area contributed by atoms with E-state index in [9.17, 15) is 9.59 Å². The average molecular weight is 592 g/mol. The number of carbonyl (C=O) groups is 1. The van der Waals surface area contributed by atoms with Crippen LogP contribution >= 0.6 is 11.6 Å². The summed E-state index contributed by atoms with van der Waals surface area (Å²) < 4.78 is 20.7. The molecule has 220 valence electrons. The van der Waals surface area contributed by atoms with E-state index in [0.29, 0.717) is 75.8 Å². The topological polar surface area (TPSA) is 100 Å². The van der Waals surface area contributed by atoms with Crippen LogP contribution in [0, 0.1) is 0 Å². The Morgan fingerprint density at radius 2 is 1.98 bits per heavy atom. The molecule has 1 atom stereocenters. The van der Waals surface area contributed by atoms with Crippen molar-refractivity contribution in [3.8, 4) is 0 Å². The Hall–Kier alpha value is -2.21. The molecule has 0 N–H and O–H groups in total. The van der Waals surface area contributed by atoms with Gasteiger partial charge in [0.1, 0.15) is 12.3 Å². The standard InChI is InChI=1S/C28H42ClN5O5Si/c1-27(2,3)39-26(36)32-11-9-28(10-12-32)17-20(29)22-21(28)24(35)34-25(33(22)18-38-15-16-40(4,5)6)30-23(31-34)19-7-13-37-14-8-19/h7,20H,8-18H2,1-6H3. The van der Waals surface area contributed by atoms with Crippen LogP contribution in [0.25, 0.3) is 11.4 Å². The smallest absolute Gasteiger partial charge is 0.410 e. The van der Waals surface area contributed by atoms with Gasteiger partial charge in [-0.1, -0.05) is 25.7 Å². The van der Waals surface area contributed by atoms with Crippen molar-refractivity contribution in [2.45, 2.75) is 95.3 Å².